The van der Waals surface area contributed by atoms with Crippen molar-refractivity contribution < 1.29 is 19.1 Å². The molecule has 5 aliphatic carbocycles. The maximum atomic E-state index is 14.0. The molecular weight excluding hydrogens is 440 g/mol. The van der Waals surface area contributed by atoms with Crippen molar-refractivity contribution in [1.29, 1.82) is 5.26 Å². The highest BCUT2D eigenvalue weighted by atomic mass is 16.5. The molecule has 0 radical (unpaired) electrons. The Hall–Kier alpha value is -2.42. The highest BCUT2D eigenvalue weighted by molar-refractivity contribution is 6.02. The van der Waals surface area contributed by atoms with Gasteiger partial charge in [0, 0.05) is 22.8 Å². The lowest BCUT2D eigenvalue weighted by atomic mass is 9.41. The average molecular weight is 479 g/mol. The molecule has 5 rings (SSSR count). The first-order chi connectivity index (χ1) is 16.5. The number of ether oxygens (including phenoxy) is 1. The summed E-state index contributed by atoms with van der Waals surface area (Å²) in [5.41, 5.74) is 0.335. The van der Waals surface area contributed by atoms with Gasteiger partial charge in [-0.2, -0.15) is 5.26 Å². The van der Waals surface area contributed by atoms with E-state index in [4.69, 9.17) is 4.74 Å². The van der Waals surface area contributed by atoms with Crippen LogP contribution < -0.4 is 5.32 Å². The Labute approximate surface area is 208 Å². The minimum Gasteiger partial charge on any atom is -0.453 e. The lowest BCUT2D eigenvalue weighted by Gasteiger charge is -2.63. The Morgan fingerprint density at radius 1 is 1.09 bits per heavy atom. The number of methoxy groups -OCH3 is 1. The number of nitrogens with one attached hydrogen (secondary N) is 1. The lowest BCUT2D eigenvalue weighted by Crippen LogP contribution is -2.65. The quantitative estimate of drug-likeness (QED) is 0.563. The number of amides is 1. The zero-order valence-electron chi connectivity index (χ0n) is 21.6. The lowest BCUT2D eigenvalue weighted by molar-refractivity contribution is -0.137. The van der Waals surface area contributed by atoms with Gasteiger partial charge < -0.3 is 10.1 Å². The van der Waals surface area contributed by atoms with Crippen LogP contribution in [0.5, 0.6) is 0 Å². The summed E-state index contributed by atoms with van der Waals surface area (Å²) in [6, 6.07) is 2.14. The van der Waals surface area contributed by atoms with Crippen LogP contribution in [0.1, 0.15) is 72.6 Å². The number of rotatable bonds is 1. The van der Waals surface area contributed by atoms with Crippen LogP contribution in [0.2, 0.25) is 0 Å². The molecule has 188 valence electrons. The first kappa shape index (κ1) is 24.3. The van der Waals surface area contributed by atoms with Crippen LogP contribution in [-0.4, -0.2) is 30.3 Å². The van der Waals surface area contributed by atoms with E-state index in [-0.39, 0.29) is 57.7 Å². The average Bonchev–Trinajstić information content (AvgIpc) is 2.82. The van der Waals surface area contributed by atoms with Crippen molar-refractivity contribution in [3.63, 3.8) is 0 Å². The highest BCUT2D eigenvalue weighted by Gasteiger charge is 2.64. The second-order valence-electron chi connectivity index (χ2n) is 12.6. The highest BCUT2D eigenvalue weighted by Crippen LogP contribution is 2.67. The molecule has 0 aromatic rings. The van der Waals surface area contributed by atoms with Crippen LogP contribution in [0.15, 0.2) is 23.3 Å². The Balaban J connectivity index is 1.60. The monoisotopic (exact) mass is 478 g/mol. The fourth-order valence-corrected chi connectivity index (χ4v) is 9.21. The van der Waals surface area contributed by atoms with Gasteiger partial charge in [0.15, 0.2) is 11.6 Å². The van der Waals surface area contributed by atoms with E-state index in [0.29, 0.717) is 5.92 Å². The minimum atomic E-state index is -0.468. The molecule has 6 heteroatoms. The van der Waals surface area contributed by atoms with Crippen LogP contribution in [0, 0.1) is 57.7 Å². The van der Waals surface area contributed by atoms with Gasteiger partial charge in [-0.3, -0.25) is 9.59 Å². The van der Waals surface area contributed by atoms with Gasteiger partial charge in [-0.15, -0.1) is 0 Å². The smallest absolute Gasteiger partial charge is 0.407 e. The number of nitrogens with zero attached hydrogens (tertiary/aromatic N) is 1. The molecule has 6 nitrogen and oxygen atoms in total. The predicted octanol–water partition coefficient (Wildman–Crippen LogP) is 5.14. The largest absolute Gasteiger partial charge is 0.453 e. The van der Waals surface area contributed by atoms with Crippen molar-refractivity contribution in [2.45, 2.75) is 78.2 Å². The molecule has 0 aliphatic heterocycles. The van der Waals surface area contributed by atoms with E-state index in [2.05, 4.69) is 32.2 Å². The van der Waals surface area contributed by atoms with Gasteiger partial charge in [0.05, 0.1) is 12.7 Å². The first-order valence-corrected chi connectivity index (χ1v) is 13.3. The number of nitriles is 1. The van der Waals surface area contributed by atoms with E-state index in [9.17, 15) is 19.6 Å². The number of carbonyl (C=O) groups is 3. The number of ketones is 2. The van der Waals surface area contributed by atoms with Gasteiger partial charge in [-0.25, -0.2) is 4.79 Å². The summed E-state index contributed by atoms with van der Waals surface area (Å²) in [7, 11) is 1.40. The van der Waals surface area contributed by atoms with Crippen molar-refractivity contribution in [1.82, 2.24) is 5.32 Å². The number of alkyl carbamates (subject to hydrolysis) is 1. The Morgan fingerprint density at radius 3 is 2.46 bits per heavy atom. The van der Waals surface area contributed by atoms with Gasteiger partial charge in [-0.05, 0) is 80.1 Å². The fraction of sp³-hybridized carbons (Fsp3) is 0.724. The zero-order chi connectivity index (χ0) is 25.3. The van der Waals surface area contributed by atoms with E-state index >= 15 is 0 Å². The van der Waals surface area contributed by atoms with E-state index in [1.165, 1.54) is 7.11 Å². The number of hydrogen-bond acceptors (Lipinski definition) is 5. The summed E-state index contributed by atoms with van der Waals surface area (Å²) in [5, 5.41) is 12.9. The Bertz CT molecular complexity index is 1080. The third-order valence-electron chi connectivity index (χ3n) is 11.0. The van der Waals surface area contributed by atoms with Crippen LogP contribution in [0.4, 0.5) is 4.79 Å². The van der Waals surface area contributed by atoms with Crippen molar-refractivity contribution >= 4 is 17.7 Å². The van der Waals surface area contributed by atoms with Crippen molar-refractivity contribution in [3.8, 4) is 6.07 Å². The second-order valence-corrected chi connectivity index (χ2v) is 12.6. The molecule has 0 saturated heterocycles. The van der Waals surface area contributed by atoms with Gasteiger partial charge in [0.25, 0.3) is 0 Å². The minimum absolute atomic E-state index is 0.0632. The van der Waals surface area contributed by atoms with E-state index in [0.717, 1.165) is 50.5 Å². The predicted molar refractivity (Wildman–Crippen MR) is 131 cm³/mol. The summed E-state index contributed by atoms with van der Waals surface area (Å²) in [6.07, 6.45) is 9.81. The zero-order valence-corrected chi connectivity index (χ0v) is 21.6. The molecule has 3 saturated carbocycles. The number of Topliss-reactive ketones (excluding diaryl/α,β-unsaturated/α-hetero) is 1. The summed E-state index contributed by atoms with van der Waals surface area (Å²) in [5.74, 6) is 0.657. The van der Waals surface area contributed by atoms with E-state index in [1.54, 1.807) is 0 Å². The normalized spacial score (nSPS) is 46.5. The molecule has 35 heavy (non-hydrogen) atoms. The van der Waals surface area contributed by atoms with Crippen molar-refractivity contribution in [2.75, 3.05) is 7.11 Å². The van der Waals surface area contributed by atoms with Crippen LogP contribution in [0.3, 0.4) is 0 Å². The van der Waals surface area contributed by atoms with Crippen LogP contribution in [-0.2, 0) is 14.3 Å². The number of hydrogen-bond donors (Lipinski definition) is 1. The molecule has 0 aromatic heterocycles. The molecule has 0 bridgehead atoms. The van der Waals surface area contributed by atoms with E-state index < -0.39 is 11.5 Å². The maximum absolute atomic E-state index is 14.0. The summed E-state index contributed by atoms with van der Waals surface area (Å²) >= 11 is 0. The third kappa shape index (κ3) is 3.29. The third-order valence-corrected chi connectivity index (χ3v) is 11.0. The molecule has 1 amide bonds. The SMILES string of the molecule is COC(=O)NC12CCC(C)CC1C1C(=O)C=C3C4(C)C=C(C#N)C(=O)C(C)C4CCC3(C)C1CC2. The molecule has 9 unspecified atom stereocenters. The standard InChI is InChI=1S/C29H38N2O4/c1-16-6-10-29(31-26(34)35-5)11-8-20-24(21(29)12-16)22(32)13-23-27(20,3)9-7-19-17(2)25(33)18(15-30)14-28(19,23)4/h13-14,16-17,19-21,24H,6-12H2,1-5H3,(H,31,34). The molecular formula is C29H38N2O4. The molecule has 0 heterocycles. The number of carbonyl (C=O) groups excluding carboxylic acids is 3. The first-order valence-electron chi connectivity index (χ1n) is 13.3. The van der Waals surface area contributed by atoms with Crippen molar-refractivity contribution in [3.05, 3.63) is 23.3 Å². The second kappa shape index (κ2) is 8.05. The maximum Gasteiger partial charge on any atom is 0.407 e. The summed E-state index contributed by atoms with van der Waals surface area (Å²) in [6.45, 7) is 8.66. The van der Waals surface area contributed by atoms with Gasteiger partial charge in [-0.1, -0.05) is 39.3 Å². The Kier molecular flexibility index (Phi) is 5.58. The summed E-state index contributed by atoms with van der Waals surface area (Å²) in [4.78, 5) is 39.2. The fourth-order valence-electron chi connectivity index (χ4n) is 9.21. The van der Waals surface area contributed by atoms with Gasteiger partial charge in [0.1, 0.15) is 6.07 Å². The Morgan fingerprint density at radius 2 is 1.77 bits per heavy atom. The number of allylic oxidation sites excluding steroid dienone is 4. The molecule has 3 fully saturated rings. The molecule has 1 N–H and O–H groups in total. The van der Waals surface area contributed by atoms with Gasteiger partial charge >= 0.3 is 6.09 Å². The van der Waals surface area contributed by atoms with Crippen LogP contribution >= 0.6 is 0 Å². The number of fused-ring (bicyclic) bond motifs is 7. The van der Waals surface area contributed by atoms with Crippen molar-refractivity contribution in [2.24, 2.45) is 46.3 Å². The molecule has 5 aliphatic rings. The molecule has 9 atom stereocenters. The summed E-state index contributed by atoms with van der Waals surface area (Å²) < 4.78 is 5.00. The van der Waals surface area contributed by atoms with E-state index in [1.807, 2.05) is 19.1 Å². The topological polar surface area (TPSA) is 96.3 Å². The van der Waals surface area contributed by atoms with Gasteiger partial charge in [0.2, 0.25) is 0 Å². The van der Waals surface area contributed by atoms with Crippen LogP contribution in [0.25, 0.3) is 0 Å². The molecule has 0 spiro atoms. The molecule has 0 aromatic carbocycles.